The lowest BCUT2D eigenvalue weighted by atomic mass is 9.99. The van der Waals surface area contributed by atoms with Gasteiger partial charge in [-0.2, -0.15) is 0 Å². The Labute approximate surface area is 178 Å². The molecule has 4 N–H and O–H groups in total. The molecular weight excluding hydrogens is 399 g/mol. The van der Waals surface area contributed by atoms with Crippen molar-refractivity contribution in [2.24, 2.45) is 5.73 Å². The van der Waals surface area contributed by atoms with E-state index in [-0.39, 0.29) is 19.1 Å². The molecule has 3 rings (SSSR count). The van der Waals surface area contributed by atoms with Crippen LogP contribution in [0, 0.1) is 0 Å². The van der Waals surface area contributed by atoms with Gasteiger partial charge >= 0.3 is 5.97 Å². The van der Waals surface area contributed by atoms with Crippen LogP contribution in [0.25, 0.3) is 11.1 Å². The Morgan fingerprint density at radius 2 is 1.83 bits per heavy atom. The van der Waals surface area contributed by atoms with Crippen molar-refractivity contribution in [3.8, 4) is 11.1 Å². The number of hydrogen-bond acceptors (Lipinski definition) is 4. The van der Waals surface area contributed by atoms with E-state index >= 15 is 0 Å². The van der Waals surface area contributed by atoms with Crippen LogP contribution in [0.15, 0.2) is 54.6 Å². The number of aliphatic carboxylic acids is 1. The summed E-state index contributed by atoms with van der Waals surface area (Å²) in [5, 5.41) is 8.41. The fourth-order valence-corrected chi connectivity index (χ4v) is 6.52. The summed E-state index contributed by atoms with van der Waals surface area (Å²) < 4.78 is 13.1. The van der Waals surface area contributed by atoms with Crippen molar-refractivity contribution in [1.82, 2.24) is 4.90 Å². The molecule has 0 aromatic heterocycles. The van der Waals surface area contributed by atoms with E-state index in [1.807, 2.05) is 35.2 Å². The van der Waals surface area contributed by atoms with Crippen LogP contribution >= 0.6 is 7.37 Å². The van der Waals surface area contributed by atoms with Crippen LogP contribution in [-0.4, -0.2) is 51.8 Å². The maximum Gasteiger partial charge on any atom is 0.320 e. The Balaban J connectivity index is 1.84. The number of carboxylic acid groups (broad SMARTS) is 1. The molecule has 1 heterocycles. The predicted molar refractivity (Wildman–Crippen MR) is 120 cm³/mol. The Hall–Kier alpha value is -1.98. The Morgan fingerprint density at radius 1 is 1.10 bits per heavy atom. The molecule has 30 heavy (non-hydrogen) atoms. The highest BCUT2D eigenvalue weighted by Crippen LogP contribution is 2.59. The summed E-state index contributed by atoms with van der Waals surface area (Å²) >= 11 is 0. The van der Waals surface area contributed by atoms with Crippen molar-refractivity contribution in [1.29, 1.82) is 0 Å². The number of hydrogen-bond donors (Lipinski definition) is 3. The molecule has 0 aliphatic carbocycles. The summed E-state index contributed by atoms with van der Waals surface area (Å²) in [6.45, 7) is 1.68. The molecule has 162 valence electrons. The lowest BCUT2D eigenvalue weighted by molar-refractivity contribution is -0.141. The first-order valence-corrected chi connectivity index (χ1v) is 12.3. The van der Waals surface area contributed by atoms with Crippen LogP contribution in [-0.2, 0) is 15.9 Å². The second kappa shape index (κ2) is 9.88. The summed E-state index contributed by atoms with van der Waals surface area (Å²) in [4.78, 5) is 25.0. The minimum atomic E-state index is -3.85. The zero-order valence-electron chi connectivity index (χ0n) is 17.2. The van der Waals surface area contributed by atoms with Gasteiger partial charge in [0.1, 0.15) is 0 Å². The molecule has 1 saturated heterocycles. The van der Waals surface area contributed by atoms with E-state index in [1.165, 1.54) is 0 Å². The first-order valence-electron chi connectivity index (χ1n) is 10.5. The Morgan fingerprint density at radius 3 is 2.53 bits per heavy atom. The van der Waals surface area contributed by atoms with Crippen LogP contribution in [0.2, 0.25) is 0 Å². The predicted octanol–water partition coefficient (Wildman–Crippen LogP) is 3.78. The van der Waals surface area contributed by atoms with Gasteiger partial charge in [-0.3, -0.25) is 14.3 Å². The largest absolute Gasteiger partial charge is 0.480 e. The van der Waals surface area contributed by atoms with Crippen molar-refractivity contribution in [2.75, 3.05) is 25.8 Å². The van der Waals surface area contributed by atoms with Crippen LogP contribution in [0.3, 0.4) is 0 Å². The number of unbranched alkanes of at least 4 members (excludes halogenated alkanes) is 1. The molecule has 6 nitrogen and oxygen atoms in total. The third kappa shape index (κ3) is 5.01. The number of carboxylic acids is 1. The standard InChI is InChI=1S/C23H31N2O4P/c24-13-5-4-12-23(22(26)27)18-25(14-7-15-30(23,28)29)17-19-8-6-11-21(16-19)20-9-2-1-3-10-20/h1-3,6,8-11,16H,4-5,7,12-15,17-18,24H2,(H,26,27)(H,28,29). The Bertz CT molecular complexity index is 905. The number of carbonyl (C=O) groups is 1. The van der Waals surface area contributed by atoms with Gasteiger partial charge < -0.3 is 15.7 Å². The van der Waals surface area contributed by atoms with Gasteiger partial charge in [0.2, 0.25) is 7.37 Å². The number of nitrogens with two attached hydrogens (primary N) is 1. The fraction of sp³-hybridized carbons (Fsp3) is 0.435. The first kappa shape index (κ1) is 22.7. The van der Waals surface area contributed by atoms with E-state index in [0.29, 0.717) is 38.9 Å². The van der Waals surface area contributed by atoms with Crippen molar-refractivity contribution in [2.45, 2.75) is 37.4 Å². The van der Waals surface area contributed by atoms with Crippen molar-refractivity contribution in [3.63, 3.8) is 0 Å². The molecule has 0 spiro atoms. The summed E-state index contributed by atoms with van der Waals surface area (Å²) in [7, 11) is -3.85. The van der Waals surface area contributed by atoms with E-state index in [0.717, 1.165) is 16.7 Å². The van der Waals surface area contributed by atoms with E-state index in [1.54, 1.807) is 0 Å². The first-order chi connectivity index (χ1) is 14.4. The molecule has 7 heteroatoms. The highest BCUT2D eigenvalue weighted by atomic mass is 31.2. The van der Waals surface area contributed by atoms with Gasteiger partial charge in [-0.15, -0.1) is 0 Å². The van der Waals surface area contributed by atoms with Crippen LogP contribution in [0.5, 0.6) is 0 Å². The molecule has 2 aromatic carbocycles. The second-order valence-corrected chi connectivity index (χ2v) is 10.8. The van der Waals surface area contributed by atoms with E-state index in [4.69, 9.17) is 5.73 Å². The monoisotopic (exact) mass is 430 g/mol. The molecule has 1 aliphatic heterocycles. The molecule has 1 fully saturated rings. The average Bonchev–Trinajstić information content (AvgIpc) is 2.85. The number of rotatable bonds is 8. The number of nitrogens with zero attached hydrogens (tertiary/aromatic N) is 1. The third-order valence-electron chi connectivity index (χ3n) is 5.97. The second-order valence-electron chi connectivity index (χ2n) is 8.14. The molecule has 0 bridgehead atoms. The molecule has 2 unspecified atom stereocenters. The van der Waals surface area contributed by atoms with Crippen LogP contribution < -0.4 is 5.73 Å². The van der Waals surface area contributed by atoms with Gasteiger partial charge in [0.15, 0.2) is 5.16 Å². The van der Waals surface area contributed by atoms with Crippen molar-refractivity contribution in [3.05, 3.63) is 60.2 Å². The minimum Gasteiger partial charge on any atom is -0.480 e. The summed E-state index contributed by atoms with van der Waals surface area (Å²) in [6, 6.07) is 18.3. The van der Waals surface area contributed by atoms with E-state index in [9.17, 15) is 19.4 Å². The maximum absolute atomic E-state index is 13.1. The highest BCUT2D eigenvalue weighted by Gasteiger charge is 2.54. The zero-order valence-corrected chi connectivity index (χ0v) is 18.1. The normalized spacial score (nSPS) is 25.0. The minimum absolute atomic E-state index is 0.0441. The molecule has 0 amide bonds. The lowest BCUT2D eigenvalue weighted by Gasteiger charge is -2.35. The van der Waals surface area contributed by atoms with Gasteiger partial charge in [-0.1, -0.05) is 55.0 Å². The van der Waals surface area contributed by atoms with Crippen molar-refractivity contribution < 1.29 is 19.4 Å². The van der Waals surface area contributed by atoms with Gasteiger partial charge in [0.25, 0.3) is 0 Å². The third-order valence-corrected chi connectivity index (χ3v) is 8.79. The Kier molecular flexibility index (Phi) is 7.48. The smallest absolute Gasteiger partial charge is 0.320 e. The zero-order chi connectivity index (χ0) is 21.6. The topological polar surface area (TPSA) is 104 Å². The molecule has 0 radical (unpaired) electrons. The van der Waals surface area contributed by atoms with E-state index < -0.39 is 18.5 Å². The summed E-state index contributed by atoms with van der Waals surface area (Å²) in [6.07, 6.45) is 1.91. The molecule has 1 aliphatic rings. The van der Waals surface area contributed by atoms with Gasteiger partial charge in [0.05, 0.1) is 0 Å². The average molecular weight is 430 g/mol. The summed E-state index contributed by atoms with van der Waals surface area (Å²) in [5.41, 5.74) is 8.85. The van der Waals surface area contributed by atoms with Gasteiger partial charge in [-0.05, 0) is 55.1 Å². The molecule has 0 saturated carbocycles. The van der Waals surface area contributed by atoms with Crippen LogP contribution in [0.1, 0.15) is 31.2 Å². The maximum atomic E-state index is 13.1. The summed E-state index contributed by atoms with van der Waals surface area (Å²) in [5.74, 6) is -1.17. The molecule has 2 aromatic rings. The quantitative estimate of drug-likeness (QED) is 0.435. The van der Waals surface area contributed by atoms with Gasteiger partial charge in [0, 0.05) is 19.3 Å². The van der Waals surface area contributed by atoms with E-state index in [2.05, 4.69) is 24.3 Å². The lowest BCUT2D eigenvalue weighted by Crippen LogP contribution is -2.47. The number of benzene rings is 2. The molecule has 2 atom stereocenters. The van der Waals surface area contributed by atoms with Gasteiger partial charge in [-0.25, -0.2) is 0 Å². The fourth-order valence-electron chi connectivity index (χ4n) is 4.29. The van der Waals surface area contributed by atoms with Crippen LogP contribution in [0.4, 0.5) is 0 Å². The highest BCUT2D eigenvalue weighted by molar-refractivity contribution is 7.60. The van der Waals surface area contributed by atoms with Crippen molar-refractivity contribution >= 4 is 13.3 Å². The molecular formula is C23H31N2O4P. The SMILES string of the molecule is NCCCCC1(C(=O)O)CN(Cc2cccc(-c3ccccc3)c2)CCCP1(=O)O.